The maximum Gasteiger partial charge on any atom is 0.307 e. The first kappa shape index (κ1) is 9.88. The van der Waals surface area contributed by atoms with Crippen LogP contribution in [-0.4, -0.2) is 11.1 Å². The van der Waals surface area contributed by atoms with Gasteiger partial charge < -0.3 is 5.11 Å². The molecule has 2 atom stereocenters. The normalized spacial score (nSPS) is 27.2. The van der Waals surface area contributed by atoms with Crippen LogP contribution in [0.25, 0.3) is 0 Å². The van der Waals surface area contributed by atoms with E-state index in [0.717, 1.165) is 32.1 Å². The summed E-state index contributed by atoms with van der Waals surface area (Å²) < 4.78 is 0. The summed E-state index contributed by atoms with van der Waals surface area (Å²) in [4.78, 5) is 11.3. The maximum atomic E-state index is 11.3. The van der Waals surface area contributed by atoms with Crippen molar-refractivity contribution in [2.24, 2.45) is 5.92 Å². The number of carbonyl (C=O) groups is 1. The predicted molar refractivity (Wildman–Crippen MR) is 61.6 cm³/mol. The molecule has 0 heterocycles. The number of carboxylic acid groups (broad SMARTS) is 1. The van der Waals surface area contributed by atoms with Gasteiger partial charge in [-0.2, -0.15) is 0 Å². The van der Waals surface area contributed by atoms with Crippen molar-refractivity contribution in [3.63, 3.8) is 0 Å². The number of carboxylic acids is 1. The third-order valence-electron chi connectivity index (χ3n) is 4.15. The van der Waals surface area contributed by atoms with Crippen LogP contribution in [0.15, 0.2) is 18.2 Å². The second-order valence-corrected chi connectivity index (χ2v) is 4.97. The van der Waals surface area contributed by atoms with E-state index < -0.39 is 5.97 Å². The van der Waals surface area contributed by atoms with E-state index in [1.165, 1.54) is 16.7 Å². The largest absolute Gasteiger partial charge is 0.481 e. The molecule has 2 unspecified atom stereocenters. The van der Waals surface area contributed by atoms with Crippen molar-refractivity contribution in [2.45, 2.75) is 38.0 Å². The monoisotopic (exact) mass is 216 g/mol. The molecule has 0 amide bonds. The van der Waals surface area contributed by atoms with Crippen LogP contribution < -0.4 is 0 Å². The molecule has 0 saturated carbocycles. The topological polar surface area (TPSA) is 37.3 Å². The van der Waals surface area contributed by atoms with Crippen LogP contribution in [-0.2, 0) is 17.6 Å². The van der Waals surface area contributed by atoms with E-state index in [-0.39, 0.29) is 11.8 Å². The zero-order chi connectivity index (χ0) is 11.1. The average molecular weight is 216 g/mol. The predicted octanol–water partition coefficient (Wildman–Crippen LogP) is 2.75. The van der Waals surface area contributed by atoms with Gasteiger partial charge in [-0.15, -0.1) is 0 Å². The van der Waals surface area contributed by atoms with Gasteiger partial charge in [0.05, 0.1) is 5.92 Å². The Kier molecular flexibility index (Phi) is 2.23. The quantitative estimate of drug-likeness (QED) is 0.783. The molecule has 1 aromatic carbocycles. The van der Waals surface area contributed by atoms with Crippen LogP contribution in [0.2, 0.25) is 0 Å². The average Bonchev–Trinajstić information content (AvgIpc) is 2.30. The van der Waals surface area contributed by atoms with E-state index in [1.54, 1.807) is 0 Å². The molecule has 0 saturated heterocycles. The van der Waals surface area contributed by atoms with Crippen molar-refractivity contribution in [1.29, 1.82) is 0 Å². The first-order chi connectivity index (χ1) is 7.77. The molecule has 0 radical (unpaired) electrons. The summed E-state index contributed by atoms with van der Waals surface area (Å²) in [6.45, 7) is 0. The molecule has 2 nitrogen and oxygen atoms in total. The fourth-order valence-electron chi connectivity index (χ4n) is 3.45. The number of aryl methyl sites for hydroxylation is 2. The van der Waals surface area contributed by atoms with Crippen molar-refractivity contribution < 1.29 is 9.90 Å². The summed E-state index contributed by atoms with van der Waals surface area (Å²) in [6.07, 6.45) is 5.09. The molecule has 0 aromatic heterocycles. The summed E-state index contributed by atoms with van der Waals surface area (Å²) >= 11 is 0. The van der Waals surface area contributed by atoms with Gasteiger partial charge in [-0.25, -0.2) is 0 Å². The Bertz CT molecular complexity index is 422. The zero-order valence-corrected chi connectivity index (χ0v) is 9.28. The van der Waals surface area contributed by atoms with E-state index in [9.17, 15) is 9.90 Å². The van der Waals surface area contributed by atoms with E-state index in [0.29, 0.717) is 0 Å². The fourth-order valence-corrected chi connectivity index (χ4v) is 3.45. The van der Waals surface area contributed by atoms with Gasteiger partial charge in [0.2, 0.25) is 0 Å². The molecule has 2 heteroatoms. The van der Waals surface area contributed by atoms with Crippen molar-refractivity contribution in [1.82, 2.24) is 0 Å². The third kappa shape index (κ3) is 1.36. The van der Waals surface area contributed by atoms with Gasteiger partial charge in [-0.05, 0) is 54.7 Å². The Hall–Kier alpha value is -1.31. The SMILES string of the molecule is O=C(O)C1CCc2cccc3c2C1CCC3. The number of hydrogen-bond acceptors (Lipinski definition) is 1. The molecule has 1 aromatic rings. The fraction of sp³-hybridized carbons (Fsp3) is 0.500. The van der Waals surface area contributed by atoms with E-state index in [1.807, 2.05) is 0 Å². The summed E-state index contributed by atoms with van der Waals surface area (Å²) in [5.41, 5.74) is 4.19. The molecular weight excluding hydrogens is 200 g/mol. The third-order valence-corrected chi connectivity index (χ3v) is 4.15. The van der Waals surface area contributed by atoms with Crippen molar-refractivity contribution in [3.8, 4) is 0 Å². The van der Waals surface area contributed by atoms with Crippen LogP contribution in [0.3, 0.4) is 0 Å². The van der Waals surface area contributed by atoms with Crippen molar-refractivity contribution in [2.75, 3.05) is 0 Å². The van der Waals surface area contributed by atoms with Crippen LogP contribution in [0, 0.1) is 5.92 Å². The van der Waals surface area contributed by atoms with Gasteiger partial charge in [-0.1, -0.05) is 18.2 Å². The molecule has 0 fully saturated rings. The number of aliphatic carboxylic acids is 1. The number of benzene rings is 1. The van der Waals surface area contributed by atoms with E-state index in [2.05, 4.69) is 18.2 Å². The van der Waals surface area contributed by atoms with Crippen LogP contribution in [0.4, 0.5) is 0 Å². The summed E-state index contributed by atoms with van der Waals surface area (Å²) in [7, 11) is 0. The Labute approximate surface area is 95.3 Å². The van der Waals surface area contributed by atoms with Gasteiger partial charge in [0.1, 0.15) is 0 Å². The molecule has 0 bridgehead atoms. The minimum atomic E-state index is -0.604. The van der Waals surface area contributed by atoms with Crippen LogP contribution in [0.1, 0.15) is 41.9 Å². The minimum Gasteiger partial charge on any atom is -0.481 e. The second-order valence-electron chi connectivity index (χ2n) is 4.97. The smallest absolute Gasteiger partial charge is 0.307 e. The molecule has 1 N–H and O–H groups in total. The molecule has 2 aliphatic rings. The maximum absolute atomic E-state index is 11.3. The Balaban J connectivity index is 2.10. The first-order valence-electron chi connectivity index (χ1n) is 6.11. The van der Waals surface area contributed by atoms with Gasteiger partial charge in [0, 0.05) is 0 Å². The van der Waals surface area contributed by atoms with Gasteiger partial charge in [0.25, 0.3) is 0 Å². The molecule has 16 heavy (non-hydrogen) atoms. The molecular formula is C14H16O2. The summed E-state index contributed by atoms with van der Waals surface area (Å²) in [5.74, 6) is -0.465. The Morgan fingerprint density at radius 3 is 2.69 bits per heavy atom. The lowest BCUT2D eigenvalue weighted by Crippen LogP contribution is -2.30. The van der Waals surface area contributed by atoms with E-state index in [4.69, 9.17) is 0 Å². The number of hydrogen-bond donors (Lipinski definition) is 1. The minimum absolute atomic E-state index is 0.144. The lowest BCUT2D eigenvalue weighted by atomic mass is 9.68. The molecule has 3 rings (SSSR count). The zero-order valence-electron chi connectivity index (χ0n) is 9.28. The highest BCUT2D eigenvalue weighted by Crippen LogP contribution is 2.44. The van der Waals surface area contributed by atoms with Crippen LogP contribution in [0.5, 0.6) is 0 Å². The summed E-state index contributed by atoms with van der Waals surface area (Å²) in [5, 5.41) is 9.28. The highest BCUT2D eigenvalue weighted by Gasteiger charge is 2.36. The van der Waals surface area contributed by atoms with Gasteiger partial charge >= 0.3 is 5.97 Å². The molecule has 0 spiro atoms. The first-order valence-corrected chi connectivity index (χ1v) is 6.11. The van der Waals surface area contributed by atoms with Gasteiger partial charge in [0.15, 0.2) is 0 Å². The van der Waals surface area contributed by atoms with E-state index >= 15 is 0 Å². The second kappa shape index (κ2) is 3.62. The molecule has 2 aliphatic carbocycles. The molecule has 84 valence electrons. The van der Waals surface area contributed by atoms with Crippen LogP contribution >= 0.6 is 0 Å². The molecule has 0 aliphatic heterocycles. The Morgan fingerprint density at radius 2 is 1.94 bits per heavy atom. The van der Waals surface area contributed by atoms with Crippen molar-refractivity contribution in [3.05, 3.63) is 34.9 Å². The Morgan fingerprint density at radius 1 is 1.19 bits per heavy atom. The van der Waals surface area contributed by atoms with Gasteiger partial charge in [-0.3, -0.25) is 4.79 Å². The highest BCUT2D eigenvalue weighted by molar-refractivity contribution is 5.72. The standard InChI is InChI=1S/C14H16O2/c15-14(16)12-8-7-10-4-1-3-9-5-2-6-11(12)13(9)10/h1,3-4,11-12H,2,5-8H2,(H,15,16). The van der Waals surface area contributed by atoms with Crippen molar-refractivity contribution >= 4 is 5.97 Å². The summed E-state index contributed by atoms with van der Waals surface area (Å²) in [6, 6.07) is 6.47. The lowest BCUT2D eigenvalue weighted by molar-refractivity contribution is -0.143. The highest BCUT2D eigenvalue weighted by atomic mass is 16.4. The lowest BCUT2D eigenvalue weighted by Gasteiger charge is -2.36. The number of rotatable bonds is 1.